The Morgan fingerprint density at radius 1 is 1.32 bits per heavy atom. The summed E-state index contributed by atoms with van der Waals surface area (Å²) in [6.45, 7) is 6.57. The highest BCUT2D eigenvalue weighted by Gasteiger charge is 2.38. The Morgan fingerprint density at radius 3 is 2.68 bits per heavy atom. The summed E-state index contributed by atoms with van der Waals surface area (Å²) in [6, 6.07) is 0. The molecule has 0 aromatic rings. The molecule has 0 heterocycles. The lowest BCUT2D eigenvalue weighted by Crippen LogP contribution is -2.32. The zero-order valence-electron chi connectivity index (χ0n) is 12.7. The van der Waals surface area contributed by atoms with Gasteiger partial charge in [0.2, 0.25) is 0 Å². The summed E-state index contributed by atoms with van der Waals surface area (Å²) in [5.74, 6) is 0.833. The number of rotatable bonds is 6. The van der Waals surface area contributed by atoms with Gasteiger partial charge in [0.1, 0.15) is 0 Å². The molecular formula is C19H32. The molecule has 19 heavy (non-hydrogen) atoms. The quantitative estimate of drug-likeness (QED) is 0.481. The van der Waals surface area contributed by atoms with Crippen LogP contribution in [-0.4, -0.2) is 0 Å². The Bertz CT molecular complexity index is 347. The first-order valence-electron chi connectivity index (χ1n) is 8.34. The highest BCUT2D eigenvalue weighted by molar-refractivity contribution is 5.34. The van der Waals surface area contributed by atoms with Crippen molar-refractivity contribution in [2.24, 2.45) is 11.3 Å². The molecule has 2 rings (SSSR count). The topological polar surface area (TPSA) is 0 Å². The molecule has 0 bridgehead atoms. The first-order valence-corrected chi connectivity index (χ1v) is 8.34. The van der Waals surface area contributed by atoms with Crippen LogP contribution in [0.2, 0.25) is 0 Å². The molecule has 0 aromatic carbocycles. The first kappa shape index (κ1) is 14.6. The molecule has 0 heteroatoms. The van der Waals surface area contributed by atoms with E-state index in [1.807, 2.05) is 0 Å². The van der Waals surface area contributed by atoms with E-state index in [1.54, 1.807) is 5.57 Å². The van der Waals surface area contributed by atoms with Gasteiger partial charge in [-0.3, -0.25) is 0 Å². The summed E-state index contributed by atoms with van der Waals surface area (Å²) in [5, 5.41) is 0. The molecule has 0 aliphatic heterocycles. The van der Waals surface area contributed by atoms with Crippen molar-refractivity contribution >= 4 is 0 Å². The highest BCUT2D eigenvalue weighted by Crippen LogP contribution is 2.49. The van der Waals surface area contributed by atoms with Gasteiger partial charge in [-0.2, -0.15) is 0 Å². The molecule has 108 valence electrons. The van der Waals surface area contributed by atoms with Crippen LogP contribution in [0.3, 0.4) is 0 Å². The van der Waals surface area contributed by atoms with Crippen molar-refractivity contribution in [3.05, 3.63) is 36.5 Å². The standard InChI is InChI=1S/C19H30.H2/c1-3-5-16-19(4-2,17-12-8-6-9-13-17)18-14-10-7-11-15-18;/h4,8,12-13,18H,2-3,5-7,9-11,14-16H2,1H3;1H. The van der Waals surface area contributed by atoms with E-state index in [2.05, 4.69) is 37.8 Å². The lowest BCUT2D eigenvalue weighted by atomic mass is 9.61. The molecule has 0 N–H and O–H groups in total. The van der Waals surface area contributed by atoms with Crippen molar-refractivity contribution in [1.82, 2.24) is 0 Å². The van der Waals surface area contributed by atoms with Crippen LogP contribution >= 0.6 is 0 Å². The van der Waals surface area contributed by atoms with Crippen molar-refractivity contribution in [3.8, 4) is 0 Å². The van der Waals surface area contributed by atoms with E-state index in [0.29, 0.717) is 0 Å². The van der Waals surface area contributed by atoms with E-state index >= 15 is 0 Å². The van der Waals surface area contributed by atoms with Crippen LogP contribution in [-0.2, 0) is 0 Å². The fourth-order valence-corrected chi connectivity index (χ4v) is 4.02. The average Bonchev–Trinajstić information content (AvgIpc) is 2.51. The largest absolute Gasteiger partial charge is 0.102 e. The van der Waals surface area contributed by atoms with Gasteiger partial charge in [0.25, 0.3) is 0 Å². The van der Waals surface area contributed by atoms with Crippen molar-refractivity contribution in [3.63, 3.8) is 0 Å². The van der Waals surface area contributed by atoms with Gasteiger partial charge in [-0.1, -0.05) is 63.3 Å². The summed E-state index contributed by atoms with van der Waals surface area (Å²) in [6.07, 6.45) is 23.0. The number of hydrogen-bond acceptors (Lipinski definition) is 0. The third kappa shape index (κ3) is 3.22. The van der Waals surface area contributed by atoms with E-state index in [-0.39, 0.29) is 6.84 Å². The van der Waals surface area contributed by atoms with Crippen molar-refractivity contribution < 1.29 is 1.43 Å². The van der Waals surface area contributed by atoms with E-state index in [1.165, 1.54) is 64.2 Å². The molecule has 0 aromatic heterocycles. The van der Waals surface area contributed by atoms with Crippen LogP contribution in [0, 0.1) is 11.3 Å². The van der Waals surface area contributed by atoms with Gasteiger partial charge in [0.15, 0.2) is 0 Å². The third-order valence-electron chi connectivity index (χ3n) is 5.17. The average molecular weight is 260 g/mol. The number of allylic oxidation sites excluding steroid dienone is 5. The van der Waals surface area contributed by atoms with Gasteiger partial charge in [0.05, 0.1) is 0 Å². The molecule has 0 spiro atoms. The number of hydrogen-bond donors (Lipinski definition) is 0. The van der Waals surface area contributed by atoms with Crippen molar-refractivity contribution in [1.29, 1.82) is 0 Å². The van der Waals surface area contributed by atoms with Crippen molar-refractivity contribution in [2.75, 3.05) is 0 Å². The smallest absolute Gasteiger partial charge is 0.0154 e. The summed E-state index contributed by atoms with van der Waals surface area (Å²) in [4.78, 5) is 0. The predicted octanol–water partition coefficient (Wildman–Crippen LogP) is 6.45. The maximum absolute atomic E-state index is 4.26. The maximum atomic E-state index is 4.26. The van der Waals surface area contributed by atoms with Gasteiger partial charge in [-0.05, 0) is 43.6 Å². The second kappa shape index (κ2) is 7.12. The Labute approximate surface area is 121 Å². The Hall–Kier alpha value is -0.780. The van der Waals surface area contributed by atoms with Gasteiger partial charge < -0.3 is 0 Å². The molecule has 2 aliphatic carbocycles. The van der Waals surface area contributed by atoms with E-state index in [9.17, 15) is 0 Å². The lowest BCUT2D eigenvalue weighted by molar-refractivity contribution is 0.194. The molecular weight excluding hydrogens is 228 g/mol. The highest BCUT2D eigenvalue weighted by atomic mass is 14.4. The lowest BCUT2D eigenvalue weighted by Gasteiger charge is -2.43. The summed E-state index contributed by atoms with van der Waals surface area (Å²) < 4.78 is 0. The van der Waals surface area contributed by atoms with Crippen molar-refractivity contribution in [2.45, 2.75) is 71.1 Å². The Morgan fingerprint density at radius 2 is 2.11 bits per heavy atom. The zero-order valence-corrected chi connectivity index (χ0v) is 12.7. The van der Waals surface area contributed by atoms with Crippen LogP contribution in [0.25, 0.3) is 0 Å². The summed E-state index contributed by atoms with van der Waals surface area (Å²) in [5.41, 5.74) is 1.85. The SMILES string of the molecule is C=CC(CCCC)(C1=CCCC=C1)C1CCCCC1.[HH]. The van der Waals surface area contributed by atoms with Crippen LogP contribution in [0.5, 0.6) is 0 Å². The maximum Gasteiger partial charge on any atom is 0.0154 e. The molecule has 1 fully saturated rings. The van der Waals surface area contributed by atoms with Gasteiger partial charge in [0, 0.05) is 6.84 Å². The molecule has 2 aliphatic rings. The summed E-state index contributed by atoms with van der Waals surface area (Å²) in [7, 11) is 0. The molecule has 0 amide bonds. The van der Waals surface area contributed by atoms with E-state index in [4.69, 9.17) is 0 Å². The second-order valence-corrected chi connectivity index (χ2v) is 6.32. The first-order chi connectivity index (χ1) is 9.33. The van der Waals surface area contributed by atoms with Crippen LogP contribution < -0.4 is 0 Å². The fraction of sp³-hybridized carbons (Fsp3) is 0.684. The minimum atomic E-state index is 0. The normalized spacial score (nSPS) is 23.7. The Balaban J connectivity index is 0.00000200. The minimum absolute atomic E-state index is 0. The fourth-order valence-electron chi connectivity index (χ4n) is 4.02. The number of unbranched alkanes of at least 4 members (excludes halogenated alkanes) is 1. The second-order valence-electron chi connectivity index (χ2n) is 6.32. The molecule has 0 radical (unpaired) electrons. The van der Waals surface area contributed by atoms with Gasteiger partial charge in [-0.15, -0.1) is 6.58 Å². The molecule has 0 nitrogen and oxygen atoms in total. The van der Waals surface area contributed by atoms with Crippen LogP contribution in [0.1, 0.15) is 72.6 Å². The van der Waals surface area contributed by atoms with Crippen LogP contribution in [0.4, 0.5) is 0 Å². The molecule has 1 atom stereocenters. The third-order valence-corrected chi connectivity index (χ3v) is 5.17. The monoisotopic (exact) mass is 260 g/mol. The molecule has 1 unspecified atom stereocenters. The Kier molecular flexibility index (Phi) is 5.48. The van der Waals surface area contributed by atoms with Gasteiger partial charge in [-0.25, -0.2) is 0 Å². The minimum Gasteiger partial charge on any atom is -0.102 e. The van der Waals surface area contributed by atoms with Gasteiger partial charge >= 0.3 is 0 Å². The molecule has 0 saturated heterocycles. The molecule has 1 saturated carbocycles. The predicted molar refractivity (Wildman–Crippen MR) is 87.3 cm³/mol. The summed E-state index contributed by atoms with van der Waals surface area (Å²) >= 11 is 0. The van der Waals surface area contributed by atoms with Crippen LogP contribution in [0.15, 0.2) is 36.5 Å². The zero-order chi connectivity index (χ0) is 13.6. The van der Waals surface area contributed by atoms with E-state index in [0.717, 1.165) is 5.92 Å². The van der Waals surface area contributed by atoms with E-state index < -0.39 is 0 Å².